The highest BCUT2D eigenvalue weighted by molar-refractivity contribution is 5.87. The summed E-state index contributed by atoms with van der Waals surface area (Å²) in [4.78, 5) is 14.4. The van der Waals surface area contributed by atoms with Gasteiger partial charge in [0, 0.05) is 6.54 Å². The largest absolute Gasteiger partial charge is 0.377 e. The Kier molecular flexibility index (Phi) is 2.90. The first kappa shape index (κ1) is 12.4. The second kappa shape index (κ2) is 3.99. The smallest absolute Gasteiger partial charge is 0.243 e. The Morgan fingerprint density at radius 1 is 1.47 bits per heavy atom. The quantitative estimate of drug-likeness (QED) is 0.694. The number of hydrogen-bond donors (Lipinski definition) is 0. The van der Waals surface area contributed by atoms with Gasteiger partial charge in [-0.05, 0) is 32.6 Å². The van der Waals surface area contributed by atoms with Crippen molar-refractivity contribution in [2.24, 2.45) is 11.3 Å². The lowest BCUT2D eigenvalue weighted by atomic mass is 9.62. The van der Waals surface area contributed by atoms with Crippen LogP contribution in [0, 0.1) is 22.7 Å². The van der Waals surface area contributed by atoms with Gasteiger partial charge in [-0.25, -0.2) is 0 Å². The van der Waals surface area contributed by atoms with E-state index in [-0.39, 0.29) is 11.4 Å². The molecule has 4 heteroatoms. The lowest BCUT2D eigenvalue weighted by Crippen LogP contribution is -2.61. The van der Waals surface area contributed by atoms with Crippen molar-refractivity contribution in [3.8, 4) is 6.07 Å². The summed E-state index contributed by atoms with van der Waals surface area (Å²) in [7, 11) is 0. The molecule has 0 atom stereocenters. The van der Waals surface area contributed by atoms with Crippen molar-refractivity contribution in [1.82, 2.24) is 4.90 Å². The lowest BCUT2D eigenvalue weighted by Gasteiger charge is -2.49. The second-order valence-corrected chi connectivity index (χ2v) is 6.03. The van der Waals surface area contributed by atoms with Crippen LogP contribution in [0.25, 0.3) is 0 Å². The van der Waals surface area contributed by atoms with Crippen LogP contribution in [0.1, 0.15) is 33.6 Å². The van der Waals surface area contributed by atoms with Crippen molar-refractivity contribution in [2.75, 3.05) is 19.8 Å². The fraction of sp³-hybridized carbons (Fsp3) is 0.846. The Morgan fingerprint density at radius 3 is 2.59 bits per heavy atom. The number of nitrogens with zero attached hydrogens (tertiary/aromatic N) is 2. The summed E-state index contributed by atoms with van der Waals surface area (Å²) in [5.41, 5.74) is -1.05. The molecule has 4 nitrogen and oxygen atoms in total. The molecule has 0 aromatic carbocycles. The maximum atomic E-state index is 12.5. The SMILES string of the molecule is CC1CC(C#N)(C(=O)N2CCOCC2(C)C)C1. The zero-order valence-electron chi connectivity index (χ0n) is 10.8. The summed E-state index contributed by atoms with van der Waals surface area (Å²) in [6.45, 7) is 7.81. The number of morpholine rings is 1. The molecule has 0 aromatic heterocycles. The zero-order chi connectivity index (χ0) is 12.7. The summed E-state index contributed by atoms with van der Waals surface area (Å²) in [6, 6.07) is 2.25. The summed E-state index contributed by atoms with van der Waals surface area (Å²) >= 11 is 0. The first-order valence-electron chi connectivity index (χ1n) is 6.22. The molecular formula is C13H20N2O2. The third-order valence-corrected chi connectivity index (χ3v) is 3.91. The molecule has 17 heavy (non-hydrogen) atoms. The molecule has 2 fully saturated rings. The average Bonchev–Trinajstić information content (AvgIpc) is 2.23. The Morgan fingerprint density at radius 2 is 2.12 bits per heavy atom. The van der Waals surface area contributed by atoms with E-state index < -0.39 is 5.41 Å². The molecule has 1 saturated heterocycles. The van der Waals surface area contributed by atoms with E-state index in [4.69, 9.17) is 4.74 Å². The Balaban J connectivity index is 2.17. The van der Waals surface area contributed by atoms with E-state index >= 15 is 0 Å². The number of carbonyl (C=O) groups excluding carboxylic acids is 1. The minimum Gasteiger partial charge on any atom is -0.377 e. The predicted molar refractivity (Wildman–Crippen MR) is 63.1 cm³/mol. The van der Waals surface area contributed by atoms with Gasteiger partial charge in [-0.15, -0.1) is 0 Å². The van der Waals surface area contributed by atoms with E-state index in [0.717, 1.165) is 0 Å². The number of carbonyl (C=O) groups is 1. The van der Waals surface area contributed by atoms with Crippen LogP contribution in [0.4, 0.5) is 0 Å². The van der Waals surface area contributed by atoms with Crippen LogP contribution in [-0.4, -0.2) is 36.1 Å². The Hall–Kier alpha value is -1.08. The van der Waals surface area contributed by atoms with E-state index in [0.29, 0.717) is 38.5 Å². The van der Waals surface area contributed by atoms with Gasteiger partial charge in [0.25, 0.3) is 0 Å². The highest BCUT2D eigenvalue weighted by Gasteiger charge is 2.53. The molecule has 0 spiro atoms. The van der Waals surface area contributed by atoms with Crippen LogP contribution in [-0.2, 0) is 9.53 Å². The van der Waals surface area contributed by atoms with Crippen LogP contribution in [0.3, 0.4) is 0 Å². The van der Waals surface area contributed by atoms with Crippen LogP contribution in [0.2, 0.25) is 0 Å². The zero-order valence-corrected chi connectivity index (χ0v) is 10.8. The molecule has 0 radical (unpaired) electrons. The van der Waals surface area contributed by atoms with Crippen LogP contribution >= 0.6 is 0 Å². The third-order valence-electron chi connectivity index (χ3n) is 3.91. The highest BCUT2D eigenvalue weighted by Crippen LogP contribution is 2.47. The highest BCUT2D eigenvalue weighted by atomic mass is 16.5. The van der Waals surface area contributed by atoms with Crippen molar-refractivity contribution < 1.29 is 9.53 Å². The molecular weight excluding hydrogens is 216 g/mol. The van der Waals surface area contributed by atoms with Crippen molar-refractivity contribution >= 4 is 5.91 Å². The van der Waals surface area contributed by atoms with Crippen LogP contribution < -0.4 is 0 Å². The van der Waals surface area contributed by atoms with Gasteiger partial charge in [0.15, 0.2) is 0 Å². The first-order chi connectivity index (χ1) is 7.91. The van der Waals surface area contributed by atoms with Gasteiger partial charge in [-0.2, -0.15) is 5.26 Å². The molecule has 0 unspecified atom stereocenters. The summed E-state index contributed by atoms with van der Waals surface area (Å²) in [6.07, 6.45) is 1.41. The van der Waals surface area contributed by atoms with Gasteiger partial charge in [0.1, 0.15) is 5.41 Å². The van der Waals surface area contributed by atoms with Gasteiger partial charge in [-0.1, -0.05) is 6.92 Å². The maximum Gasteiger partial charge on any atom is 0.243 e. The second-order valence-electron chi connectivity index (χ2n) is 6.03. The van der Waals surface area contributed by atoms with Crippen molar-refractivity contribution in [2.45, 2.75) is 39.2 Å². The van der Waals surface area contributed by atoms with Gasteiger partial charge in [0.2, 0.25) is 5.91 Å². The van der Waals surface area contributed by atoms with Crippen LogP contribution in [0.15, 0.2) is 0 Å². The number of nitriles is 1. The first-order valence-corrected chi connectivity index (χ1v) is 6.22. The predicted octanol–water partition coefficient (Wildman–Crippen LogP) is 1.56. The molecule has 2 rings (SSSR count). The van der Waals surface area contributed by atoms with Gasteiger partial charge in [0.05, 0.1) is 24.8 Å². The fourth-order valence-corrected chi connectivity index (χ4v) is 2.94. The Bertz CT molecular complexity index is 364. The standard InChI is InChI=1S/C13H20N2O2/c1-10-6-13(7-10,8-14)11(16)15-4-5-17-9-12(15,2)3/h10H,4-7,9H2,1-3H3. The molecule has 0 bridgehead atoms. The number of rotatable bonds is 1. The minimum atomic E-state index is -0.756. The van der Waals surface area contributed by atoms with Gasteiger partial charge >= 0.3 is 0 Å². The molecule has 1 amide bonds. The average molecular weight is 236 g/mol. The fourth-order valence-electron chi connectivity index (χ4n) is 2.94. The van der Waals surface area contributed by atoms with Gasteiger partial charge in [-0.3, -0.25) is 4.79 Å². The van der Waals surface area contributed by atoms with E-state index in [1.54, 1.807) is 0 Å². The molecule has 1 saturated carbocycles. The summed E-state index contributed by atoms with van der Waals surface area (Å²) in [5.74, 6) is 0.495. The monoisotopic (exact) mass is 236 g/mol. The normalized spacial score (nSPS) is 35.9. The molecule has 1 heterocycles. The van der Waals surface area contributed by atoms with Crippen molar-refractivity contribution in [3.05, 3.63) is 0 Å². The number of hydrogen-bond acceptors (Lipinski definition) is 3. The van der Waals surface area contributed by atoms with E-state index in [1.807, 2.05) is 18.7 Å². The van der Waals surface area contributed by atoms with Crippen molar-refractivity contribution in [1.29, 1.82) is 5.26 Å². The number of amides is 1. The molecule has 2 aliphatic rings. The van der Waals surface area contributed by atoms with Crippen LogP contribution in [0.5, 0.6) is 0 Å². The minimum absolute atomic E-state index is 0.00593. The van der Waals surface area contributed by atoms with E-state index in [9.17, 15) is 10.1 Å². The topological polar surface area (TPSA) is 53.3 Å². The van der Waals surface area contributed by atoms with Crippen molar-refractivity contribution in [3.63, 3.8) is 0 Å². The van der Waals surface area contributed by atoms with E-state index in [2.05, 4.69) is 13.0 Å². The molecule has 0 N–H and O–H groups in total. The summed E-state index contributed by atoms with van der Waals surface area (Å²) in [5, 5.41) is 9.30. The molecule has 0 aromatic rings. The van der Waals surface area contributed by atoms with E-state index in [1.165, 1.54) is 0 Å². The number of ether oxygens (including phenoxy) is 1. The molecule has 1 aliphatic carbocycles. The molecule has 94 valence electrons. The maximum absolute atomic E-state index is 12.5. The molecule has 1 aliphatic heterocycles. The Labute approximate surface area is 103 Å². The third kappa shape index (κ3) is 1.93. The lowest BCUT2D eigenvalue weighted by molar-refractivity contribution is -0.160. The van der Waals surface area contributed by atoms with Gasteiger partial charge < -0.3 is 9.64 Å². The summed E-state index contributed by atoms with van der Waals surface area (Å²) < 4.78 is 5.41.